The highest BCUT2D eigenvalue weighted by Crippen LogP contribution is 2.42. The molecule has 0 aliphatic carbocycles. The highest BCUT2D eigenvalue weighted by Gasteiger charge is 2.43. The van der Waals surface area contributed by atoms with Gasteiger partial charge in [0.25, 0.3) is 0 Å². The van der Waals surface area contributed by atoms with Gasteiger partial charge >= 0.3 is 0 Å². The topological polar surface area (TPSA) is 33.9 Å². The van der Waals surface area contributed by atoms with Gasteiger partial charge < -0.3 is 14.7 Å². The zero-order valence-electron chi connectivity index (χ0n) is 16.4. The molecule has 1 aliphatic rings. The first-order chi connectivity index (χ1) is 14.2. The molecule has 0 spiro atoms. The van der Waals surface area contributed by atoms with Gasteiger partial charge in [-0.3, -0.25) is 0 Å². The van der Waals surface area contributed by atoms with Gasteiger partial charge in [-0.05, 0) is 28.8 Å². The third kappa shape index (κ3) is 4.46. The van der Waals surface area contributed by atoms with Gasteiger partial charge in [0.2, 0.25) is 0 Å². The Kier molecular flexibility index (Phi) is 6.46. The molecule has 0 bridgehead atoms. The van der Waals surface area contributed by atoms with Gasteiger partial charge in [-0.1, -0.05) is 88.7 Å². The standard InChI is InChI=1S/C25H26BrNO2/c26-23-13-11-22(12-14-23)25(28,21-9-5-2-6-10-21)24(20-7-3-1-4-8-20)19-27-15-17-29-18-16-27/h1-14,24,28H,15-19H2/p+1. The molecule has 1 fully saturated rings. The molecule has 150 valence electrons. The van der Waals surface area contributed by atoms with Gasteiger partial charge in [-0.2, -0.15) is 0 Å². The molecule has 4 rings (SSSR count). The Hall–Kier alpha value is -1.98. The number of hydrogen-bond acceptors (Lipinski definition) is 2. The predicted molar refractivity (Wildman–Crippen MR) is 119 cm³/mol. The zero-order chi connectivity index (χ0) is 20.1. The quantitative estimate of drug-likeness (QED) is 0.600. The predicted octanol–water partition coefficient (Wildman–Crippen LogP) is 3.38. The second-order valence-corrected chi connectivity index (χ2v) is 8.58. The van der Waals surface area contributed by atoms with E-state index in [4.69, 9.17) is 4.74 Å². The Morgan fingerprint density at radius 3 is 2.00 bits per heavy atom. The molecular formula is C25H27BrNO2+. The van der Waals surface area contributed by atoms with Crippen LogP contribution in [0.1, 0.15) is 22.6 Å². The maximum absolute atomic E-state index is 12.4. The molecule has 2 atom stereocenters. The lowest BCUT2D eigenvalue weighted by Gasteiger charge is -2.39. The van der Waals surface area contributed by atoms with Crippen LogP contribution in [-0.2, 0) is 10.3 Å². The summed E-state index contributed by atoms with van der Waals surface area (Å²) in [6.45, 7) is 4.33. The minimum atomic E-state index is -1.13. The number of ether oxygens (including phenoxy) is 1. The molecule has 0 saturated carbocycles. The number of rotatable bonds is 6. The lowest BCUT2D eigenvalue weighted by molar-refractivity contribution is -0.910. The van der Waals surface area contributed by atoms with Crippen molar-refractivity contribution >= 4 is 15.9 Å². The molecule has 2 N–H and O–H groups in total. The van der Waals surface area contributed by atoms with Crippen LogP contribution in [0.4, 0.5) is 0 Å². The van der Waals surface area contributed by atoms with E-state index in [0.29, 0.717) is 0 Å². The monoisotopic (exact) mass is 452 g/mol. The van der Waals surface area contributed by atoms with Crippen molar-refractivity contribution in [3.8, 4) is 0 Å². The van der Waals surface area contributed by atoms with E-state index in [-0.39, 0.29) is 5.92 Å². The molecule has 3 aromatic rings. The molecule has 2 unspecified atom stereocenters. The number of hydrogen-bond donors (Lipinski definition) is 2. The van der Waals surface area contributed by atoms with Gasteiger partial charge in [-0.25, -0.2) is 0 Å². The summed E-state index contributed by atoms with van der Waals surface area (Å²) in [6.07, 6.45) is 0. The number of quaternary nitrogens is 1. The van der Waals surface area contributed by atoms with Crippen LogP contribution < -0.4 is 4.90 Å². The summed E-state index contributed by atoms with van der Waals surface area (Å²) in [5, 5.41) is 12.4. The van der Waals surface area contributed by atoms with Crippen molar-refractivity contribution in [1.29, 1.82) is 0 Å². The second-order valence-electron chi connectivity index (χ2n) is 7.67. The molecule has 0 amide bonds. The third-order valence-electron chi connectivity index (χ3n) is 5.90. The fourth-order valence-electron chi connectivity index (χ4n) is 4.31. The van der Waals surface area contributed by atoms with E-state index in [1.165, 1.54) is 4.90 Å². The second kappa shape index (κ2) is 9.23. The first-order valence-corrected chi connectivity index (χ1v) is 11.0. The maximum Gasteiger partial charge on any atom is 0.127 e. The zero-order valence-corrected chi connectivity index (χ0v) is 18.0. The summed E-state index contributed by atoms with van der Waals surface area (Å²) >= 11 is 3.53. The van der Waals surface area contributed by atoms with Crippen LogP contribution in [0, 0.1) is 0 Å². The van der Waals surface area contributed by atoms with Gasteiger partial charge in [0.05, 0.1) is 25.7 Å². The smallest absolute Gasteiger partial charge is 0.127 e. The van der Waals surface area contributed by atoms with Gasteiger partial charge in [-0.15, -0.1) is 0 Å². The van der Waals surface area contributed by atoms with Crippen LogP contribution in [0.3, 0.4) is 0 Å². The molecule has 0 radical (unpaired) electrons. The maximum atomic E-state index is 12.4. The summed E-state index contributed by atoms with van der Waals surface area (Å²) in [5.41, 5.74) is 1.85. The fraction of sp³-hybridized carbons (Fsp3) is 0.280. The van der Waals surface area contributed by atoms with Crippen molar-refractivity contribution in [2.45, 2.75) is 11.5 Å². The van der Waals surface area contributed by atoms with Gasteiger partial charge in [0.1, 0.15) is 18.7 Å². The van der Waals surface area contributed by atoms with Crippen LogP contribution >= 0.6 is 15.9 Å². The normalized spacial score (nSPS) is 18.1. The highest BCUT2D eigenvalue weighted by molar-refractivity contribution is 9.10. The summed E-state index contributed by atoms with van der Waals surface area (Å²) in [7, 11) is 0. The lowest BCUT2D eigenvalue weighted by atomic mass is 9.72. The van der Waals surface area contributed by atoms with Crippen molar-refractivity contribution in [3.63, 3.8) is 0 Å². The van der Waals surface area contributed by atoms with Crippen molar-refractivity contribution < 1.29 is 14.7 Å². The van der Waals surface area contributed by atoms with E-state index in [2.05, 4.69) is 40.2 Å². The van der Waals surface area contributed by atoms with E-state index in [1.807, 2.05) is 60.7 Å². The average molecular weight is 453 g/mol. The Morgan fingerprint density at radius 1 is 0.828 bits per heavy atom. The van der Waals surface area contributed by atoms with E-state index in [0.717, 1.165) is 54.0 Å². The molecule has 29 heavy (non-hydrogen) atoms. The van der Waals surface area contributed by atoms with Crippen molar-refractivity contribution in [2.24, 2.45) is 0 Å². The number of morpholine rings is 1. The Bertz CT molecular complexity index is 895. The van der Waals surface area contributed by atoms with Crippen molar-refractivity contribution in [3.05, 3.63) is 106 Å². The SMILES string of the molecule is OC(c1ccccc1)(c1ccc(Br)cc1)C(C[NH+]1CCOCC1)c1ccccc1. The van der Waals surface area contributed by atoms with Crippen LogP contribution in [0.5, 0.6) is 0 Å². The van der Waals surface area contributed by atoms with Crippen LogP contribution in [0.25, 0.3) is 0 Å². The minimum Gasteiger partial charge on any atom is -0.380 e. The van der Waals surface area contributed by atoms with E-state index < -0.39 is 5.60 Å². The summed E-state index contributed by atoms with van der Waals surface area (Å²) < 4.78 is 6.57. The molecular weight excluding hydrogens is 426 g/mol. The molecule has 1 saturated heterocycles. The fourth-order valence-corrected chi connectivity index (χ4v) is 4.57. The van der Waals surface area contributed by atoms with Crippen LogP contribution in [-0.4, -0.2) is 38.0 Å². The number of halogens is 1. The molecule has 0 aromatic heterocycles. The molecule has 1 aliphatic heterocycles. The first kappa shape index (κ1) is 20.3. The van der Waals surface area contributed by atoms with E-state index in [1.54, 1.807) is 0 Å². The Labute approximate surface area is 181 Å². The largest absolute Gasteiger partial charge is 0.380 e. The summed E-state index contributed by atoms with van der Waals surface area (Å²) in [4.78, 5) is 1.47. The Balaban J connectivity index is 1.84. The lowest BCUT2D eigenvalue weighted by Crippen LogP contribution is -3.14. The summed E-state index contributed by atoms with van der Waals surface area (Å²) in [6, 6.07) is 28.6. The van der Waals surface area contributed by atoms with Crippen LogP contribution in [0.15, 0.2) is 89.4 Å². The number of nitrogens with one attached hydrogen (secondary N) is 1. The minimum absolute atomic E-state index is 0.0830. The third-order valence-corrected chi connectivity index (χ3v) is 6.43. The van der Waals surface area contributed by atoms with Gasteiger partial charge in [0.15, 0.2) is 0 Å². The first-order valence-electron chi connectivity index (χ1n) is 10.2. The van der Waals surface area contributed by atoms with E-state index >= 15 is 0 Å². The average Bonchev–Trinajstić information content (AvgIpc) is 2.79. The Morgan fingerprint density at radius 2 is 1.38 bits per heavy atom. The highest BCUT2D eigenvalue weighted by atomic mass is 79.9. The van der Waals surface area contributed by atoms with Gasteiger partial charge in [0, 0.05) is 4.47 Å². The van der Waals surface area contributed by atoms with Crippen LogP contribution in [0.2, 0.25) is 0 Å². The molecule has 3 nitrogen and oxygen atoms in total. The van der Waals surface area contributed by atoms with Crippen molar-refractivity contribution in [1.82, 2.24) is 0 Å². The summed E-state index contributed by atoms with van der Waals surface area (Å²) in [5.74, 6) is -0.0830. The molecule has 1 heterocycles. The van der Waals surface area contributed by atoms with E-state index in [9.17, 15) is 5.11 Å². The number of benzene rings is 3. The van der Waals surface area contributed by atoms with Crippen molar-refractivity contribution in [2.75, 3.05) is 32.8 Å². The molecule has 4 heteroatoms. The number of aliphatic hydroxyl groups is 1. The molecule has 3 aromatic carbocycles.